The number of hydrogen-bond donors (Lipinski definition) is 2. The summed E-state index contributed by atoms with van der Waals surface area (Å²) in [4.78, 5) is 17.3. The number of carbonyl (C=O) groups is 1. The Morgan fingerprint density at radius 1 is 1.52 bits per heavy atom. The van der Waals surface area contributed by atoms with Crippen LogP contribution in [0.2, 0.25) is 0 Å². The minimum Gasteiger partial charge on any atom is -0.508 e. The highest BCUT2D eigenvalue weighted by molar-refractivity contribution is 9.10. The fourth-order valence-corrected chi connectivity index (χ4v) is 2.91. The number of aromatic hydroxyl groups is 1. The fraction of sp³-hybridized carbons (Fsp3) is 0.167. The Balaban J connectivity index is 2.40. The molecule has 0 saturated carbocycles. The summed E-state index contributed by atoms with van der Waals surface area (Å²) >= 11 is 3.31. The molecule has 3 aromatic rings. The van der Waals surface area contributed by atoms with Gasteiger partial charge >= 0.3 is 0 Å². The monoisotopic (exact) mass is 402 g/mol. The van der Waals surface area contributed by atoms with Crippen LogP contribution in [-0.2, 0) is 0 Å². The standard InChI is InChI=1S/C18H14BrN3O3/c1-9-12(8-20)5-11(6-14(9)19)18(25)17-16(10(2)23)21-15-7-13(24)3-4-22(15)17/h3-7,10,23-24H,1-2H3/i3D,4D,7D. The quantitative estimate of drug-likeness (QED) is 0.654. The van der Waals surface area contributed by atoms with Crippen LogP contribution in [0.15, 0.2) is 34.9 Å². The molecule has 1 unspecified atom stereocenters. The summed E-state index contributed by atoms with van der Waals surface area (Å²) in [5, 5.41) is 29.3. The number of fused-ring (bicyclic) bond motifs is 1. The van der Waals surface area contributed by atoms with Crippen molar-refractivity contribution >= 4 is 27.4 Å². The number of ketones is 1. The number of halogens is 1. The molecule has 1 atom stereocenters. The summed E-state index contributed by atoms with van der Waals surface area (Å²) in [5.74, 6) is -1.37. The van der Waals surface area contributed by atoms with Crippen molar-refractivity contribution in [2.45, 2.75) is 20.0 Å². The van der Waals surface area contributed by atoms with E-state index in [2.05, 4.69) is 20.9 Å². The van der Waals surface area contributed by atoms with Gasteiger partial charge in [0.2, 0.25) is 5.78 Å². The summed E-state index contributed by atoms with van der Waals surface area (Å²) in [6.45, 7) is 3.09. The Kier molecular flexibility index (Phi) is 3.43. The fourth-order valence-electron chi connectivity index (χ4n) is 2.45. The predicted octanol–water partition coefficient (Wildman–Crippen LogP) is 3.27. The van der Waals surface area contributed by atoms with Crippen LogP contribution in [0.5, 0.6) is 5.75 Å². The lowest BCUT2D eigenvalue weighted by Crippen LogP contribution is -2.10. The number of aliphatic hydroxyl groups is 1. The van der Waals surface area contributed by atoms with Crippen LogP contribution in [0, 0.1) is 18.3 Å². The largest absolute Gasteiger partial charge is 0.508 e. The van der Waals surface area contributed by atoms with Gasteiger partial charge in [-0.15, -0.1) is 0 Å². The highest BCUT2D eigenvalue weighted by Crippen LogP contribution is 2.27. The lowest BCUT2D eigenvalue weighted by atomic mass is 10.00. The van der Waals surface area contributed by atoms with Crippen molar-refractivity contribution in [3.63, 3.8) is 0 Å². The predicted molar refractivity (Wildman–Crippen MR) is 94.5 cm³/mol. The number of nitriles is 1. The molecule has 3 rings (SSSR count). The maximum Gasteiger partial charge on any atom is 0.211 e. The number of rotatable bonds is 3. The molecular weight excluding hydrogens is 386 g/mol. The molecule has 25 heavy (non-hydrogen) atoms. The van der Waals surface area contributed by atoms with Crippen LogP contribution in [0.3, 0.4) is 0 Å². The van der Waals surface area contributed by atoms with Crippen molar-refractivity contribution in [2.75, 3.05) is 0 Å². The minimum atomic E-state index is -1.21. The van der Waals surface area contributed by atoms with E-state index in [1.807, 2.05) is 6.07 Å². The van der Waals surface area contributed by atoms with E-state index in [9.17, 15) is 20.3 Å². The first-order chi connectivity index (χ1) is 13.1. The van der Waals surface area contributed by atoms with Gasteiger partial charge in [-0.05, 0) is 37.6 Å². The van der Waals surface area contributed by atoms with Crippen molar-refractivity contribution in [3.05, 3.63) is 62.9 Å². The average Bonchev–Trinajstić information content (AvgIpc) is 3.07. The number of imidazole rings is 1. The Labute approximate surface area is 156 Å². The molecule has 0 bridgehead atoms. The molecule has 2 aromatic heterocycles. The van der Waals surface area contributed by atoms with Gasteiger partial charge in [0.05, 0.1) is 27.5 Å². The summed E-state index contributed by atoms with van der Waals surface area (Å²) < 4.78 is 25.4. The molecule has 0 spiro atoms. The van der Waals surface area contributed by atoms with E-state index in [1.54, 1.807) is 6.92 Å². The number of nitrogens with zero attached hydrogens (tertiary/aromatic N) is 3. The molecule has 6 nitrogen and oxygen atoms in total. The van der Waals surface area contributed by atoms with E-state index in [1.165, 1.54) is 19.1 Å². The molecule has 2 heterocycles. The Bertz CT molecular complexity index is 1200. The summed E-state index contributed by atoms with van der Waals surface area (Å²) in [5.41, 5.74) is 0.536. The maximum absolute atomic E-state index is 13.3. The second kappa shape index (κ2) is 6.31. The topological polar surface area (TPSA) is 98.6 Å². The molecule has 0 radical (unpaired) electrons. The number of aliphatic hydroxyl groups excluding tert-OH is 1. The number of carbonyl (C=O) groups excluding carboxylic acids is 1. The molecule has 2 N–H and O–H groups in total. The molecule has 0 aliphatic carbocycles. The van der Waals surface area contributed by atoms with Crippen LogP contribution >= 0.6 is 15.9 Å². The summed E-state index contributed by atoms with van der Waals surface area (Å²) in [6, 6.07) is 3.75. The lowest BCUT2D eigenvalue weighted by molar-refractivity contribution is 0.102. The lowest BCUT2D eigenvalue weighted by Gasteiger charge is -2.09. The molecule has 0 aliphatic rings. The van der Waals surface area contributed by atoms with Crippen LogP contribution in [0.25, 0.3) is 5.65 Å². The Morgan fingerprint density at radius 2 is 2.24 bits per heavy atom. The first-order valence-corrected chi connectivity index (χ1v) is 8.03. The van der Waals surface area contributed by atoms with Gasteiger partial charge in [0.15, 0.2) is 0 Å². The molecule has 0 fully saturated rings. The van der Waals surface area contributed by atoms with Crippen molar-refractivity contribution in [3.8, 4) is 11.8 Å². The van der Waals surface area contributed by atoms with Crippen molar-refractivity contribution in [1.29, 1.82) is 5.26 Å². The number of aromatic nitrogens is 2. The van der Waals surface area contributed by atoms with Gasteiger partial charge < -0.3 is 10.2 Å². The first-order valence-electron chi connectivity index (χ1n) is 8.74. The van der Waals surface area contributed by atoms with Crippen molar-refractivity contribution in [1.82, 2.24) is 9.38 Å². The van der Waals surface area contributed by atoms with E-state index in [-0.39, 0.29) is 28.2 Å². The maximum atomic E-state index is 13.3. The van der Waals surface area contributed by atoms with Crippen LogP contribution in [-0.4, -0.2) is 25.4 Å². The minimum absolute atomic E-state index is 0.0906. The van der Waals surface area contributed by atoms with Gasteiger partial charge in [-0.2, -0.15) is 5.26 Å². The Morgan fingerprint density at radius 3 is 2.88 bits per heavy atom. The molecule has 0 saturated heterocycles. The summed E-state index contributed by atoms with van der Waals surface area (Å²) in [6.07, 6.45) is -1.75. The normalized spacial score (nSPS) is 13.8. The van der Waals surface area contributed by atoms with Gasteiger partial charge in [0.25, 0.3) is 0 Å². The zero-order valence-electron chi connectivity index (χ0n) is 16.3. The average molecular weight is 403 g/mol. The van der Waals surface area contributed by atoms with Crippen molar-refractivity contribution < 1.29 is 19.1 Å². The molecule has 1 aromatic carbocycles. The zero-order chi connectivity index (χ0) is 20.9. The van der Waals surface area contributed by atoms with Gasteiger partial charge in [0.1, 0.15) is 17.1 Å². The second-order valence-electron chi connectivity index (χ2n) is 5.46. The van der Waals surface area contributed by atoms with E-state index in [4.69, 9.17) is 4.11 Å². The van der Waals surface area contributed by atoms with Crippen LogP contribution in [0.4, 0.5) is 0 Å². The number of pyridine rings is 1. The SMILES string of the molecule is [2H]c1c(O)c([2H])c2nc(C(C)O)c(C(=O)c3cc(Br)c(C)c(C#N)c3)n2c1[2H]. The zero-order valence-corrected chi connectivity index (χ0v) is 14.8. The molecule has 0 amide bonds. The molecule has 126 valence electrons. The number of benzene rings is 1. The van der Waals surface area contributed by atoms with E-state index in [0.29, 0.717) is 10.0 Å². The third-order valence-corrected chi connectivity index (χ3v) is 4.58. The molecule has 0 aliphatic heterocycles. The highest BCUT2D eigenvalue weighted by Gasteiger charge is 2.24. The van der Waals surface area contributed by atoms with Crippen LogP contribution in [0.1, 0.15) is 50.0 Å². The van der Waals surface area contributed by atoms with E-state index >= 15 is 0 Å². The third-order valence-electron chi connectivity index (χ3n) is 3.76. The summed E-state index contributed by atoms with van der Waals surface area (Å²) in [7, 11) is 0. The van der Waals surface area contributed by atoms with Gasteiger partial charge in [-0.25, -0.2) is 4.98 Å². The first kappa shape index (κ1) is 13.6. The highest BCUT2D eigenvalue weighted by atomic mass is 79.9. The van der Waals surface area contributed by atoms with Crippen molar-refractivity contribution in [2.24, 2.45) is 0 Å². The van der Waals surface area contributed by atoms with Gasteiger partial charge in [0, 0.05) is 22.3 Å². The Hall–Kier alpha value is -2.69. The molecular formula is C18H14BrN3O3. The van der Waals surface area contributed by atoms with Gasteiger partial charge in [-0.1, -0.05) is 15.9 Å². The second-order valence-corrected chi connectivity index (χ2v) is 6.32. The third kappa shape index (κ3) is 2.90. The smallest absolute Gasteiger partial charge is 0.211 e. The van der Waals surface area contributed by atoms with Crippen LogP contribution < -0.4 is 0 Å². The van der Waals surface area contributed by atoms with E-state index in [0.717, 1.165) is 4.40 Å². The van der Waals surface area contributed by atoms with E-state index < -0.39 is 35.9 Å². The van der Waals surface area contributed by atoms with Gasteiger partial charge in [-0.3, -0.25) is 9.20 Å². The molecule has 7 heteroatoms. The number of hydrogen-bond acceptors (Lipinski definition) is 5.